The van der Waals surface area contributed by atoms with Crippen LogP contribution < -0.4 is 14.8 Å². The van der Waals surface area contributed by atoms with Crippen LogP contribution in [0.1, 0.15) is 68.6 Å². The van der Waals surface area contributed by atoms with E-state index >= 15 is 0 Å². The summed E-state index contributed by atoms with van der Waals surface area (Å²) in [7, 11) is -3.91. The van der Waals surface area contributed by atoms with E-state index in [1.54, 1.807) is 6.07 Å². The minimum atomic E-state index is -3.91. The number of aryl methyl sites for hydroxylation is 2. The molecule has 41 heavy (non-hydrogen) atoms. The number of nitrogens with one attached hydrogen (secondary N) is 2. The van der Waals surface area contributed by atoms with Crippen LogP contribution in [-0.2, 0) is 10.0 Å². The molecule has 6 rings (SSSR count). The first-order valence-corrected chi connectivity index (χ1v) is 16.5. The monoisotopic (exact) mass is 574 g/mol. The highest BCUT2D eigenvalue weighted by Gasteiger charge is 2.49. The highest BCUT2D eigenvalue weighted by atomic mass is 32.2. The van der Waals surface area contributed by atoms with Gasteiger partial charge in [0, 0.05) is 17.5 Å². The average molecular weight is 575 g/mol. The molecule has 2 aromatic carbocycles. The lowest BCUT2D eigenvalue weighted by atomic mass is 9.52. The number of benzene rings is 2. The third-order valence-electron chi connectivity index (χ3n) is 9.51. The van der Waals surface area contributed by atoms with Crippen molar-refractivity contribution in [2.75, 3.05) is 24.4 Å². The van der Waals surface area contributed by atoms with Crippen molar-refractivity contribution < 1.29 is 13.2 Å². The van der Waals surface area contributed by atoms with Crippen LogP contribution in [-0.4, -0.2) is 38.1 Å². The molecule has 218 valence electrons. The van der Waals surface area contributed by atoms with E-state index in [0.717, 1.165) is 41.8 Å². The standard InChI is InChI=1S/C33H42N4O3S/c1-21(2)15-25-20-40-29-17-28(30-22(3)7-5-8-23(30)4)35-32(36-29)37-41(38,39)27-10-6-9-24(16-27)31(25)26-18-33(19-26)11-13-34-14-12-33/h5-10,16-17,21,25-26,31,34H,11-15,18-20H2,1-4H3,(H,35,36,37)/t25-,31?/m1/s1. The van der Waals surface area contributed by atoms with Crippen molar-refractivity contribution in [2.45, 2.75) is 70.6 Å². The molecule has 3 aliphatic rings. The molecule has 1 saturated heterocycles. The number of anilines is 1. The van der Waals surface area contributed by atoms with Gasteiger partial charge < -0.3 is 10.1 Å². The maximum Gasteiger partial charge on any atom is 0.264 e. The summed E-state index contributed by atoms with van der Waals surface area (Å²) in [6.07, 6.45) is 5.83. The van der Waals surface area contributed by atoms with Gasteiger partial charge in [-0.1, -0.05) is 44.2 Å². The fourth-order valence-electron chi connectivity index (χ4n) is 7.68. The highest BCUT2D eigenvalue weighted by molar-refractivity contribution is 7.92. The lowest BCUT2D eigenvalue weighted by Gasteiger charge is -2.54. The summed E-state index contributed by atoms with van der Waals surface area (Å²) >= 11 is 0. The predicted octanol–water partition coefficient (Wildman–Crippen LogP) is 6.48. The number of nitrogens with zero attached hydrogens (tertiary/aromatic N) is 2. The van der Waals surface area contributed by atoms with Crippen LogP contribution in [0.15, 0.2) is 53.4 Å². The number of ether oxygens (including phenoxy) is 1. The number of hydrogen-bond acceptors (Lipinski definition) is 6. The second-order valence-corrected chi connectivity index (χ2v) is 14.7. The molecule has 0 amide bonds. The Kier molecular flexibility index (Phi) is 7.57. The molecule has 1 spiro atoms. The van der Waals surface area contributed by atoms with Crippen LogP contribution in [0, 0.1) is 37.0 Å². The Morgan fingerprint density at radius 2 is 1.71 bits per heavy atom. The molecule has 3 aromatic rings. The summed E-state index contributed by atoms with van der Waals surface area (Å²) in [5.74, 6) is 1.84. The van der Waals surface area contributed by atoms with E-state index in [1.807, 2.05) is 50.2 Å². The Bertz CT molecular complexity index is 1500. The topological polar surface area (TPSA) is 93.2 Å². The van der Waals surface area contributed by atoms with E-state index in [0.29, 0.717) is 35.4 Å². The van der Waals surface area contributed by atoms with Crippen LogP contribution in [0.3, 0.4) is 0 Å². The van der Waals surface area contributed by atoms with Gasteiger partial charge in [-0.3, -0.25) is 0 Å². The Morgan fingerprint density at radius 3 is 2.41 bits per heavy atom. The number of piperidine rings is 1. The Labute approximate surface area is 244 Å². The van der Waals surface area contributed by atoms with Gasteiger partial charge in [0.15, 0.2) is 0 Å². The van der Waals surface area contributed by atoms with Gasteiger partial charge >= 0.3 is 0 Å². The van der Waals surface area contributed by atoms with Crippen LogP contribution in [0.4, 0.5) is 5.95 Å². The summed E-state index contributed by atoms with van der Waals surface area (Å²) in [5, 5.41) is 3.52. The van der Waals surface area contributed by atoms with Crippen LogP contribution in [0.5, 0.6) is 5.88 Å². The average Bonchev–Trinajstić information content (AvgIpc) is 2.90. The maximum atomic E-state index is 13.7. The summed E-state index contributed by atoms with van der Waals surface area (Å²) in [6.45, 7) is 11.3. The zero-order valence-corrected chi connectivity index (χ0v) is 25.4. The third kappa shape index (κ3) is 5.73. The van der Waals surface area contributed by atoms with Crippen LogP contribution in [0.2, 0.25) is 0 Å². The van der Waals surface area contributed by atoms with Crippen molar-refractivity contribution >= 4 is 16.0 Å². The predicted molar refractivity (Wildman–Crippen MR) is 163 cm³/mol. The second kappa shape index (κ2) is 11.0. The summed E-state index contributed by atoms with van der Waals surface area (Å²) in [4.78, 5) is 9.45. The Hall–Kier alpha value is -2.97. The van der Waals surface area contributed by atoms with Crippen LogP contribution >= 0.6 is 0 Å². The molecule has 2 fully saturated rings. The molecule has 1 aliphatic carbocycles. The van der Waals surface area contributed by atoms with E-state index in [4.69, 9.17) is 4.74 Å². The van der Waals surface area contributed by atoms with Crippen molar-refractivity contribution in [2.24, 2.45) is 23.2 Å². The number of aromatic nitrogens is 2. The largest absolute Gasteiger partial charge is 0.477 e. The van der Waals surface area contributed by atoms with E-state index in [1.165, 1.54) is 25.7 Å². The number of fused-ring (bicyclic) bond motifs is 4. The number of sulfonamides is 1. The minimum Gasteiger partial charge on any atom is -0.477 e. The third-order valence-corrected chi connectivity index (χ3v) is 10.8. The van der Waals surface area contributed by atoms with E-state index in [-0.39, 0.29) is 22.7 Å². The molecular formula is C33H42N4O3S. The first-order chi connectivity index (χ1) is 19.6. The van der Waals surface area contributed by atoms with E-state index < -0.39 is 10.0 Å². The Balaban J connectivity index is 1.43. The van der Waals surface area contributed by atoms with Crippen molar-refractivity contribution in [1.82, 2.24) is 15.3 Å². The van der Waals surface area contributed by atoms with Gasteiger partial charge in [-0.2, -0.15) is 4.98 Å². The SMILES string of the molecule is Cc1cccc(C)c1-c1cc2nc(n1)NS(=O)(=O)c1cccc(c1)C(C1CC3(CCNCC3)C1)[C@H](CC(C)C)CO2. The molecule has 1 aromatic heterocycles. The molecular weight excluding hydrogens is 532 g/mol. The fourth-order valence-corrected chi connectivity index (χ4v) is 8.68. The van der Waals surface area contributed by atoms with Crippen molar-refractivity contribution in [3.63, 3.8) is 0 Å². The normalized spacial score (nSPS) is 23.5. The van der Waals surface area contributed by atoms with Gasteiger partial charge in [-0.15, -0.1) is 0 Å². The molecule has 8 heteroatoms. The van der Waals surface area contributed by atoms with Crippen LogP contribution in [0.25, 0.3) is 11.3 Å². The highest BCUT2D eigenvalue weighted by Crippen LogP contribution is 2.58. The van der Waals surface area contributed by atoms with Gasteiger partial charge in [0.25, 0.3) is 10.0 Å². The van der Waals surface area contributed by atoms with Crippen molar-refractivity contribution in [1.29, 1.82) is 0 Å². The zero-order valence-electron chi connectivity index (χ0n) is 24.6. The lowest BCUT2D eigenvalue weighted by Crippen LogP contribution is -2.48. The molecule has 1 unspecified atom stereocenters. The summed E-state index contributed by atoms with van der Waals surface area (Å²) in [6, 6.07) is 15.5. The van der Waals surface area contributed by atoms with Gasteiger partial charge in [0.05, 0.1) is 17.2 Å². The lowest BCUT2D eigenvalue weighted by molar-refractivity contribution is -0.0114. The number of rotatable bonds is 4. The minimum absolute atomic E-state index is 0.0231. The smallest absolute Gasteiger partial charge is 0.264 e. The second-order valence-electron chi connectivity index (χ2n) is 13.0. The molecule has 2 aliphatic heterocycles. The van der Waals surface area contributed by atoms with Crippen molar-refractivity contribution in [3.05, 3.63) is 65.2 Å². The van der Waals surface area contributed by atoms with Gasteiger partial charge in [0.2, 0.25) is 11.8 Å². The molecule has 0 radical (unpaired) electrons. The van der Waals surface area contributed by atoms with Crippen molar-refractivity contribution in [3.8, 4) is 17.1 Å². The van der Waals surface area contributed by atoms with Gasteiger partial charge in [0.1, 0.15) is 0 Å². The molecule has 4 bridgehead atoms. The zero-order chi connectivity index (χ0) is 28.8. The Morgan fingerprint density at radius 1 is 1.00 bits per heavy atom. The van der Waals surface area contributed by atoms with Gasteiger partial charge in [-0.25, -0.2) is 18.1 Å². The molecule has 2 N–H and O–H groups in total. The molecule has 1 saturated carbocycles. The van der Waals surface area contributed by atoms with E-state index in [9.17, 15) is 8.42 Å². The first kappa shape index (κ1) is 28.2. The molecule has 2 atom stereocenters. The molecule has 7 nitrogen and oxygen atoms in total. The van der Waals surface area contributed by atoms with Gasteiger partial charge in [-0.05, 0) is 111 Å². The quantitative estimate of drug-likeness (QED) is 0.371. The first-order valence-electron chi connectivity index (χ1n) is 15.0. The molecule has 3 heterocycles. The summed E-state index contributed by atoms with van der Waals surface area (Å²) in [5.41, 5.74) is 5.26. The fraction of sp³-hybridized carbons (Fsp3) is 0.515. The summed E-state index contributed by atoms with van der Waals surface area (Å²) < 4.78 is 36.5. The number of hydrogen-bond donors (Lipinski definition) is 2. The maximum absolute atomic E-state index is 13.7. The van der Waals surface area contributed by atoms with E-state index in [2.05, 4.69) is 39.9 Å².